The van der Waals surface area contributed by atoms with E-state index in [1.807, 2.05) is 30.0 Å². The molecule has 0 saturated carbocycles. The van der Waals surface area contributed by atoms with Crippen LogP contribution in [0.3, 0.4) is 0 Å². The molecule has 0 bridgehead atoms. The van der Waals surface area contributed by atoms with Crippen LogP contribution in [0.25, 0.3) is 0 Å². The smallest absolute Gasteiger partial charge is 0.228 e. The van der Waals surface area contributed by atoms with Gasteiger partial charge in [-0.3, -0.25) is 9.59 Å². The molecule has 0 aliphatic carbocycles. The first-order valence-corrected chi connectivity index (χ1v) is 7.35. The van der Waals surface area contributed by atoms with Gasteiger partial charge in [0.25, 0.3) is 0 Å². The van der Waals surface area contributed by atoms with Crippen molar-refractivity contribution < 1.29 is 9.59 Å². The van der Waals surface area contributed by atoms with Gasteiger partial charge in [-0.15, -0.1) is 11.6 Å². The average Bonchev–Trinajstić information content (AvgIpc) is 2.95. The lowest BCUT2D eigenvalue weighted by Gasteiger charge is -2.22. The van der Waals surface area contributed by atoms with Crippen LogP contribution in [-0.2, 0) is 9.59 Å². The summed E-state index contributed by atoms with van der Waals surface area (Å²) < 4.78 is 0. The molecule has 0 aromatic heterocycles. The lowest BCUT2D eigenvalue weighted by atomic mass is 10.1. The van der Waals surface area contributed by atoms with Crippen LogP contribution < -0.4 is 9.80 Å². The largest absolute Gasteiger partial charge is 0.312 e. The minimum atomic E-state index is -0.109. The first-order chi connectivity index (χ1) is 9.56. The van der Waals surface area contributed by atoms with Gasteiger partial charge in [0.2, 0.25) is 11.8 Å². The van der Waals surface area contributed by atoms with E-state index in [2.05, 4.69) is 0 Å². The Bertz CT molecular complexity index is 573. The van der Waals surface area contributed by atoms with Gasteiger partial charge in [-0.05, 0) is 37.1 Å². The predicted molar refractivity (Wildman–Crippen MR) is 79.4 cm³/mol. The molecule has 1 aromatic rings. The molecule has 5 heteroatoms. The number of hydrogen-bond acceptors (Lipinski definition) is 2. The topological polar surface area (TPSA) is 40.6 Å². The lowest BCUT2D eigenvalue weighted by Crippen LogP contribution is -2.26. The van der Waals surface area contributed by atoms with Gasteiger partial charge in [-0.25, -0.2) is 0 Å². The third-order valence-corrected chi connectivity index (χ3v) is 4.23. The first kappa shape index (κ1) is 13.4. The van der Waals surface area contributed by atoms with Crippen LogP contribution in [0.2, 0.25) is 0 Å². The number of rotatable bonds is 2. The quantitative estimate of drug-likeness (QED) is 0.786. The Balaban J connectivity index is 1.88. The molecule has 1 atom stereocenters. The number of halogens is 1. The number of alkyl halides is 1. The molecule has 2 amide bonds. The molecular formula is C15H17ClN2O2. The first-order valence-electron chi connectivity index (χ1n) is 6.91. The second kappa shape index (κ2) is 5.09. The Kier molecular flexibility index (Phi) is 3.42. The highest BCUT2D eigenvalue weighted by Gasteiger charge is 2.30. The molecule has 2 aliphatic heterocycles. The molecule has 2 saturated heterocycles. The molecule has 2 heterocycles. The van der Waals surface area contributed by atoms with Crippen LogP contribution in [0.5, 0.6) is 0 Å². The molecule has 3 rings (SSSR count). The van der Waals surface area contributed by atoms with Crippen molar-refractivity contribution in [3.8, 4) is 0 Å². The van der Waals surface area contributed by atoms with Crippen molar-refractivity contribution in [1.29, 1.82) is 0 Å². The zero-order chi connectivity index (χ0) is 14.3. The fraction of sp³-hybridized carbons (Fsp3) is 0.467. The molecule has 0 N–H and O–H groups in total. The molecule has 1 aromatic carbocycles. The summed E-state index contributed by atoms with van der Waals surface area (Å²) in [7, 11) is 0. The highest BCUT2D eigenvalue weighted by molar-refractivity contribution is 6.24. The van der Waals surface area contributed by atoms with Crippen molar-refractivity contribution in [2.75, 3.05) is 22.9 Å². The Morgan fingerprint density at radius 3 is 2.55 bits per heavy atom. The molecule has 20 heavy (non-hydrogen) atoms. The van der Waals surface area contributed by atoms with Crippen LogP contribution in [0.4, 0.5) is 11.4 Å². The summed E-state index contributed by atoms with van der Waals surface area (Å²) in [6.45, 7) is 3.32. The van der Waals surface area contributed by atoms with Crippen molar-refractivity contribution in [1.82, 2.24) is 0 Å². The number of carbonyl (C=O) groups is 2. The van der Waals surface area contributed by atoms with E-state index in [-0.39, 0.29) is 17.2 Å². The molecule has 0 radical (unpaired) electrons. The maximum atomic E-state index is 11.9. The Labute approximate surface area is 123 Å². The van der Waals surface area contributed by atoms with E-state index in [1.165, 1.54) is 0 Å². The second-order valence-electron chi connectivity index (χ2n) is 5.43. The minimum absolute atomic E-state index is 0.0643. The maximum Gasteiger partial charge on any atom is 0.228 e. The highest BCUT2D eigenvalue weighted by Crippen LogP contribution is 2.31. The van der Waals surface area contributed by atoms with Crippen LogP contribution >= 0.6 is 11.6 Å². The third kappa shape index (κ3) is 2.29. The summed E-state index contributed by atoms with van der Waals surface area (Å²) in [4.78, 5) is 27.2. The van der Waals surface area contributed by atoms with E-state index in [9.17, 15) is 9.59 Å². The van der Waals surface area contributed by atoms with E-state index >= 15 is 0 Å². The van der Waals surface area contributed by atoms with Gasteiger partial charge in [0.05, 0.1) is 5.38 Å². The van der Waals surface area contributed by atoms with E-state index in [0.717, 1.165) is 29.9 Å². The van der Waals surface area contributed by atoms with Gasteiger partial charge in [0.1, 0.15) is 0 Å². The van der Waals surface area contributed by atoms with Crippen LogP contribution in [0, 0.1) is 6.92 Å². The molecule has 106 valence electrons. The van der Waals surface area contributed by atoms with Crippen molar-refractivity contribution in [2.24, 2.45) is 0 Å². The third-order valence-electron chi connectivity index (χ3n) is 3.93. The minimum Gasteiger partial charge on any atom is -0.312 e. The van der Waals surface area contributed by atoms with E-state index < -0.39 is 0 Å². The van der Waals surface area contributed by atoms with E-state index in [0.29, 0.717) is 19.4 Å². The zero-order valence-corrected chi connectivity index (χ0v) is 12.2. The van der Waals surface area contributed by atoms with Crippen molar-refractivity contribution >= 4 is 34.8 Å². The normalized spacial score (nSPS) is 23.0. The highest BCUT2D eigenvalue weighted by atomic mass is 35.5. The molecule has 4 nitrogen and oxygen atoms in total. The van der Waals surface area contributed by atoms with Gasteiger partial charge >= 0.3 is 0 Å². The Morgan fingerprint density at radius 2 is 2.00 bits per heavy atom. The van der Waals surface area contributed by atoms with Crippen LogP contribution in [0.15, 0.2) is 18.2 Å². The van der Waals surface area contributed by atoms with Gasteiger partial charge in [-0.1, -0.05) is 0 Å². The standard InChI is InChI=1S/C15H17ClN2O2/c1-10-7-12(18-9-11(16)8-15(18)20)4-5-13(10)17-6-2-3-14(17)19/h4-5,7,11H,2-3,6,8-9H2,1H3. The summed E-state index contributed by atoms with van der Waals surface area (Å²) in [6, 6.07) is 5.80. The Hall–Kier alpha value is -1.55. The van der Waals surface area contributed by atoms with Gasteiger partial charge in [-0.2, -0.15) is 0 Å². The van der Waals surface area contributed by atoms with Crippen molar-refractivity contribution in [3.63, 3.8) is 0 Å². The maximum absolute atomic E-state index is 11.9. The number of aryl methyl sites for hydroxylation is 1. The predicted octanol–water partition coefficient (Wildman–Crippen LogP) is 2.47. The molecule has 0 spiro atoms. The molecule has 2 aliphatic rings. The van der Waals surface area contributed by atoms with Gasteiger partial charge < -0.3 is 9.80 Å². The summed E-state index contributed by atoms with van der Waals surface area (Å²) >= 11 is 6.03. The Morgan fingerprint density at radius 1 is 1.20 bits per heavy atom. The van der Waals surface area contributed by atoms with Crippen molar-refractivity contribution in [2.45, 2.75) is 31.6 Å². The second-order valence-corrected chi connectivity index (χ2v) is 6.04. The number of benzene rings is 1. The summed E-state index contributed by atoms with van der Waals surface area (Å²) in [5, 5.41) is -0.109. The number of anilines is 2. The van der Waals surface area contributed by atoms with Crippen molar-refractivity contribution in [3.05, 3.63) is 23.8 Å². The fourth-order valence-electron chi connectivity index (χ4n) is 2.93. The number of hydrogen-bond donors (Lipinski definition) is 0. The van der Waals surface area contributed by atoms with E-state index in [4.69, 9.17) is 11.6 Å². The van der Waals surface area contributed by atoms with E-state index in [1.54, 1.807) is 4.90 Å². The number of carbonyl (C=O) groups excluding carboxylic acids is 2. The van der Waals surface area contributed by atoms with Crippen LogP contribution in [-0.4, -0.2) is 30.3 Å². The van der Waals surface area contributed by atoms with Gasteiger partial charge in [0.15, 0.2) is 0 Å². The van der Waals surface area contributed by atoms with Gasteiger partial charge in [0, 0.05) is 37.3 Å². The lowest BCUT2D eigenvalue weighted by molar-refractivity contribution is -0.117. The number of nitrogens with zero attached hydrogens (tertiary/aromatic N) is 2. The molecule has 2 fully saturated rings. The molecule has 1 unspecified atom stereocenters. The number of amides is 2. The van der Waals surface area contributed by atoms with Crippen LogP contribution in [0.1, 0.15) is 24.8 Å². The average molecular weight is 293 g/mol. The zero-order valence-electron chi connectivity index (χ0n) is 11.4. The monoisotopic (exact) mass is 292 g/mol. The summed E-state index contributed by atoms with van der Waals surface area (Å²) in [5.41, 5.74) is 2.83. The fourth-order valence-corrected chi connectivity index (χ4v) is 3.20. The molecular weight excluding hydrogens is 276 g/mol. The summed E-state index contributed by atoms with van der Waals surface area (Å²) in [5.74, 6) is 0.244. The summed E-state index contributed by atoms with van der Waals surface area (Å²) in [6.07, 6.45) is 1.94. The SMILES string of the molecule is Cc1cc(N2CC(Cl)CC2=O)ccc1N1CCCC1=O.